The zero-order valence-electron chi connectivity index (χ0n) is 20.4. The number of likely N-dealkylation sites (tertiary alicyclic amines) is 1. The van der Waals surface area contributed by atoms with E-state index in [1.165, 1.54) is 0 Å². The molecular weight excluding hydrogens is 440 g/mol. The van der Waals surface area contributed by atoms with Gasteiger partial charge in [-0.25, -0.2) is 9.97 Å². The van der Waals surface area contributed by atoms with Gasteiger partial charge < -0.3 is 19.4 Å². The van der Waals surface area contributed by atoms with Crippen LogP contribution < -0.4 is 9.64 Å². The van der Waals surface area contributed by atoms with Crippen molar-refractivity contribution in [2.24, 2.45) is 0 Å². The van der Waals surface area contributed by atoms with Gasteiger partial charge in [-0.05, 0) is 50.6 Å². The van der Waals surface area contributed by atoms with Gasteiger partial charge in [-0.2, -0.15) is 0 Å². The molecule has 4 heterocycles. The molecule has 1 aromatic carbocycles. The number of pyridine rings is 1. The number of piperazine rings is 1. The van der Waals surface area contributed by atoms with Gasteiger partial charge in [-0.15, -0.1) is 0 Å². The van der Waals surface area contributed by atoms with E-state index in [0.29, 0.717) is 18.0 Å². The van der Waals surface area contributed by atoms with Gasteiger partial charge in [0, 0.05) is 63.1 Å². The third-order valence-corrected chi connectivity index (χ3v) is 6.89. The summed E-state index contributed by atoms with van der Waals surface area (Å²) in [6.07, 6.45) is 7.08. The summed E-state index contributed by atoms with van der Waals surface area (Å²) in [5.74, 6) is 2.30. The van der Waals surface area contributed by atoms with Crippen LogP contribution >= 0.6 is 0 Å². The van der Waals surface area contributed by atoms with Crippen LogP contribution in [-0.4, -0.2) is 77.0 Å². The monoisotopic (exact) mass is 472 g/mol. The first kappa shape index (κ1) is 23.2. The highest BCUT2D eigenvalue weighted by molar-refractivity contribution is 5.95. The molecule has 0 spiro atoms. The number of piperidine rings is 1. The number of carbonyl (C=O) groups is 1. The minimum Gasteiger partial charge on any atom is -0.437 e. The summed E-state index contributed by atoms with van der Waals surface area (Å²) in [7, 11) is 2.13. The number of rotatable bonds is 5. The number of likely N-dealkylation sites (N-methyl/N-ethyl adjacent to an activating group) is 1. The van der Waals surface area contributed by atoms with Crippen LogP contribution in [0.1, 0.15) is 40.4 Å². The molecule has 2 aliphatic heterocycles. The van der Waals surface area contributed by atoms with Crippen molar-refractivity contribution >= 4 is 11.7 Å². The Bertz CT molecular complexity index is 1180. The highest BCUT2D eigenvalue weighted by Crippen LogP contribution is 2.29. The lowest BCUT2D eigenvalue weighted by molar-refractivity contribution is 0.0705. The minimum atomic E-state index is 0.0488. The van der Waals surface area contributed by atoms with Gasteiger partial charge in [0.1, 0.15) is 11.6 Å². The van der Waals surface area contributed by atoms with Crippen molar-refractivity contribution < 1.29 is 9.53 Å². The van der Waals surface area contributed by atoms with E-state index in [9.17, 15) is 4.79 Å². The van der Waals surface area contributed by atoms with E-state index in [0.717, 1.165) is 68.4 Å². The van der Waals surface area contributed by atoms with Crippen molar-refractivity contribution in [1.82, 2.24) is 24.8 Å². The molecule has 0 saturated carbocycles. The first-order chi connectivity index (χ1) is 17.1. The molecule has 0 unspecified atom stereocenters. The summed E-state index contributed by atoms with van der Waals surface area (Å²) in [5, 5.41) is 0. The number of para-hydroxylation sites is 1. The molecule has 3 aromatic rings. The lowest BCUT2D eigenvalue weighted by Gasteiger charge is -2.34. The number of ether oxygens (including phenoxy) is 1. The van der Waals surface area contributed by atoms with Crippen LogP contribution in [0.4, 0.5) is 5.82 Å². The average molecular weight is 473 g/mol. The van der Waals surface area contributed by atoms with E-state index in [1.807, 2.05) is 48.2 Å². The van der Waals surface area contributed by atoms with Gasteiger partial charge in [0.05, 0.1) is 11.9 Å². The summed E-state index contributed by atoms with van der Waals surface area (Å²) in [6.45, 7) is 7.22. The van der Waals surface area contributed by atoms with Crippen molar-refractivity contribution in [3.63, 3.8) is 0 Å². The fourth-order valence-electron chi connectivity index (χ4n) is 4.74. The number of hydrogen-bond acceptors (Lipinski definition) is 7. The Morgan fingerprint density at radius 2 is 1.89 bits per heavy atom. The first-order valence-corrected chi connectivity index (χ1v) is 12.3. The molecule has 2 aromatic heterocycles. The van der Waals surface area contributed by atoms with Crippen LogP contribution in [0.5, 0.6) is 11.6 Å². The second kappa shape index (κ2) is 10.4. The quantitative estimate of drug-likeness (QED) is 0.560. The third kappa shape index (κ3) is 5.43. The van der Waals surface area contributed by atoms with Crippen molar-refractivity contribution in [2.45, 2.75) is 25.7 Å². The van der Waals surface area contributed by atoms with Crippen molar-refractivity contribution in [3.8, 4) is 11.6 Å². The number of aromatic nitrogens is 3. The van der Waals surface area contributed by atoms with E-state index in [2.05, 4.69) is 26.8 Å². The maximum atomic E-state index is 13.4. The van der Waals surface area contributed by atoms with Crippen molar-refractivity contribution in [3.05, 3.63) is 71.8 Å². The van der Waals surface area contributed by atoms with Crippen LogP contribution in [0, 0.1) is 6.92 Å². The number of carbonyl (C=O) groups excluding carboxylic acids is 1. The molecule has 8 nitrogen and oxygen atoms in total. The summed E-state index contributed by atoms with van der Waals surface area (Å²) in [5.41, 5.74) is 2.60. The Labute approximate surface area is 206 Å². The lowest BCUT2D eigenvalue weighted by Crippen LogP contribution is -2.45. The number of nitrogens with zero attached hydrogens (tertiary/aromatic N) is 6. The number of anilines is 1. The van der Waals surface area contributed by atoms with Crippen LogP contribution in [0.15, 0.2) is 55.0 Å². The van der Waals surface area contributed by atoms with Crippen molar-refractivity contribution in [2.75, 3.05) is 51.2 Å². The number of aryl methyl sites for hydroxylation is 1. The Hall–Kier alpha value is -3.52. The zero-order valence-corrected chi connectivity index (χ0v) is 20.4. The molecule has 0 N–H and O–H groups in total. The summed E-state index contributed by atoms with van der Waals surface area (Å²) in [6, 6.07) is 11.6. The molecule has 0 aliphatic carbocycles. The summed E-state index contributed by atoms with van der Waals surface area (Å²) in [4.78, 5) is 33.6. The standard InChI is InChI=1S/C27H32N6O2/c1-20-6-3-4-8-24(20)35-26-18-28-17-23(30-26)22-7-5-11-33(19-22)27(34)21-9-10-29-25(16-21)32-14-12-31(2)13-15-32/h3-4,6,8-10,16-18,22H,5,7,11-15,19H2,1-2H3/t22-/m0/s1. The molecule has 0 bridgehead atoms. The van der Waals surface area contributed by atoms with Crippen LogP contribution in [0.2, 0.25) is 0 Å². The van der Waals surface area contributed by atoms with E-state index in [4.69, 9.17) is 9.72 Å². The smallest absolute Gasteiger partial charge is 0.254 e. The van der Waals surface area contributed by atoms with Gasteiger partial charge in [-0.3, -0.25) is 9.78 Å². The fraction of sp³-hybridized carbons (Fsp3) is 0.407. The maximum absolute atomic E-state index is 13.4. The summed E-state index contributed by atoms with van der Waals surface area (Å²) < 4.78 is 5.99. The van der Waals surface area contributed by atoms with Gasteiger partial charge in [0.15, 0.2) is 0 Å². The van der Waals surface area contributed by atoms with Crippen LogP contribution in [0.3, 0.4) is 0 Å². The molecule has 2 aliphatic rings. The molecule has 0 radical (unpaired) electrons. The topological polar surface area (TPSA) is 74.7 Å². The SMILES string of the molecule is Cc1ccccc1Oc1cncc([C@H]2CCCN(C(=O)c3ccnc(N4CCN(C)CC4)c3)C2)n1. The molecule has 1 amide bonds. The molecule has 182 valence electrons. The molecule has 5 rings (SSSR count). The number of benzene rings is 1. The predicted octanol–water partition coefficient (Wildman–Crippen LogP) is 3.74. The molecule has 2 saturated heterocycles. The predicted molar refractivity (Wildman–Crippen MR) is 135 cm³/mol. The van der Waals surface area contributed by atoms with Gasteiger partial charge in [0.2, 0.25) is 5.88 Å². The number of hydrogen-bond donors (Lipinski definition) is 0. The van der Waals surface area contributed by atoms with Crippen LogP contribution in [-0.2, 0) is 0 Å². The largest absolute Gasteiger partial charge is 0.437 e. The molecular formula is C27H32N6O2. The summed E-state index contributed by atoms with van der Waals surface area (Å²) >= 11 is 0. The molecule has 35 heavy (non-hydrogen) atoms. The Morgan fingerprint density at radius 3 is 2.71 bits per heavy atom. The highest BCUT2D eigenvalue weighted by Gasteiger charge is 2.27. The minimum absolute atomic E-state index is 0.0488. The average Bonchev–Trinajstić information content (AvgIpc) is 2.90. The van der Waals surface area contributed by atoms with Gasteiger partial charge in [0.25, 0.3) is 5.91 Å². The zero-order chi connectivity index (χ0) is 24.2. The molecule has 2 fully saturated rings. The third-order valence-electron chi connectivity index (χ3n) is 6.89. The Balaban J connectivity index is 1.28. The Morgan fingerprint density at radius 1 is 1.06 bits per heavy atom. The Kier molecular flexibility index (Phi) is 6.90. The van der Waals surface area contributed by atoms with Gasteiger partial charge >= 0.3 is 0 Å². The second-order valence-electron chi connectivity index (χ2n) is 9.43. The molecule has 8 heteroatoms. The van der Waals surface area contributed by atoms with Crippen LogP contribution in [0.25, 0.3) is 0 Å². The van der Waals surface area contributed by atoms with E-state index >= 15 is 0 Å². The highest BCUT2D eigenvalue weighted by atomic mass is 16.5. The first-order valence-electron chi connectivity index (χ1n) is 12.3. The van der Waals surface area contributed by atoms with Crippen molar-refractivity contribution in [1.29, 1.82) is 0 Å². The lowest BCUT2D eigenvalue weighted by atomic mass is 9.94. The number of amides is 1. The van der Waals surface area contributed by atoms with E-state index < -0.39 is 0 Å². The van der Waals surface area contributed by atoms with E-state index in [-0.39, 0.29) is 11.8 Å². The maximum Gasteiger partial charge on any atom is 0.254 e. The fourth-order valence-corrected chi connectivity index (χ4v) is 4.74. The molecule has 1 atom stereocenters. The second-order valence-corrected chi connectivity index (χ2v) is 9.43. The normalized spacial score (nSPS) is 19.0. The van der Waals surface area contributed by atoms with Gasteiger partial charge in [-0.1, -0.05) is 18.2 Å². The van der Waals surface area contributed by atoms with E-state index in [1.54, 1.807) is 18.6 Å².